The van der Waals surface area contributed by atoms with Crippen molar-refractivity contribution in [1.29, 1.82) is 0 Å². The van der Waals surface area contributed by atoms with Crippen LogP contribution in [-0.4, -0.2) is 75.2 Å². The molecule has 2 N–H and O–H groups in total. The number of nitrogens with one attached hydrogen (secondary N) is 2. The fourth-order valence-electron chi connectivity index (χ4n) is 4.58. The van der Waals surface area contributed by atoms with Crippen molar-refractivity contribution in [2.75, 3.05) is 53.4 Å². The average Bonchev–Trinajstić information content (AvgIpc) is 2.79. The maximum atomic E-state index is 5.25. The van der Waals surface area contributed by atoms with Gasteiger partial charge in [0.05, 0.1) is 7.11 Å². The number of piperidine rings is 2. The highest BCUT2D eigenvalue weighted by molar-refractivity contribution is 14.0. The SMILES string of the molecule is CCCN1CCC(NC(=NC)NCC2CCN(Cc3ccc(OC)cc3)CC2)CC1.I. The molecule has 0 radical (unpaired) electrons. The van der Waals surface area contributed by atoms with Gasteiger partial charge < -0.3 is 20.3 Å². The number of methoxy groups -OCH3 is 1. The third-order valence-electron chi connectivity index (χ3n) is 6.52. The maximum Gasteiger partial charge on any atom is 0.191 e. The first kappa shape index (κ1) is 26.2. The summed E-state index contributed by atoms with van der Waals surface area (Å²) in [5.74, 6) is 2.63. The fourth-order valence-corrected chi connectivity index (χ4v) is 4.58. The molecule has 0 spiro atoms. The van der Waals surface area contributed by atoms with Gasteiger partial charge in [-0.05, 0) is 75.4 Å². The molecule has 2 saturated heterocycles. The van der Waals surface area contributed by atoms with Crippen LogP contribution in [0.3, 0.4) is 0 Å². The molecule has 31 heavy (non-hydrogen) atoms. The fraction of sp³-hybridized carbons (Fsp3) is 0.708. The van der Waals surface area contributed by atoms with Crippen LogP contribution in [0.4, 0.5) is 0 Å². The van der Waals surface area contributed by atoms with Crippen LogP contribution in [0.5, 0.6) is 5.75 Å². The lowest BCUT2D eigenvalue weighted by Crippen LogP contribution is -2.50. The van der Waals surface area contributed by atoms with E-state index in [0.29, 0.717) is 6.04 Å². The molecular formula is C24H42IN5O. The van der Waals surface area contributed by atoms with Gasteiger partial charge in [0.2, 0.25) is 0 Å². The zero-order valence-electron chi connectivity index (χ0n) is 19.6. The van der Waals surface area contributed by atoms with Gasteiger partial charge >= 0.3 is 0 Å². The molecule has 1 aromatic carbocycles. The maximum absolute atomic E-state index is 5.25. The van der Waals surface area contributed by atoms with Gasteiger partial charge in [-0.1, -0.05) is 19.1 Å². The Balaban J connectivity index is 0.00000341. The Morgan fingerprint density at radius 3 is 2.26 bits per heavy atom. The van der Waals surface area contributed by atoms with Crippen LogP contribution in [0.15, 0.2) is 29.3 Å². The molecule has 3 rings (SSSR count). The molecule has 0 aromatic heterocycles. The monoisotopic (exact) mass is 543 g/mol. The van der Waals surface area contributed by atoms with Crippen LogP contribution in [0, 0.1) is 5.92 Å². The van der Waals surface area contributed by atoms with E-state index in [1.54, 1.807) is 7.11 Å². The minimum absolute atomic E-state index is 0. The minimum atomic E-state index is 0. The van der Waals surface area contributed by atoms with E-state index in [2.05, 4.69) is 56.6 Å². The van der Waals surface area contributed by atoms with Gasteiger partial charge in [-0.25, -0.2) is 0 Å². The predicted molar refractivity (Wildman–Crippen MR) is 141 cm³/mol. The number of nitrogens with zero attached hydrogens (tertiary/aromatic N) is 3. The second-order valence-corrected chi connectivity index (χ2v) is 8.78. The van der Waals surface area contributed by atoms with Crippen molar-refractivity contribution in [1.82, 2.24) is 20.4 Å². The quantitative estimate of drug-likeness (QED) is 0.299. The summed E-state index contributed by atoms with van der Waals surface area (Å²) in [7, 11) is 3.60. The Kier molecular flexibility index (Phi) is 12.0. The van der Waals surface area contributed by atoms with Crippen molar-refractivity contribution in [2.24, 2.45) is 10.9 Å². The van der Waals surface area contributed by atoms with Crippen LogP contribution in [0.1, 0.15) is 44.6 Å². The Hall–Kier alpha value is -1.06. The number of halogens is 1. The first-order valence-corrected chi connectivity index (χ1v) is 11.7. The summed E-state index contributed by atoms with van der Waals surface area (Å²) < 4.78 is 5.25. The van der Waals surface area contributed by atoms with Crippen LogP contribution < -0.4 is 15.4 Å². The number of ether oxygens (including phenoxy) is 1. The Labute approximate surface area is 206 Å². The van der Waals surface area contributed by atoms with Crippen molar-refractivity contribution >= 4 is 29.9 Å². The molecule has 0 bridgehead atoms. The summed E-state index contributed by atoms with van der Waals surface area (Å²) in [5, 5.41) is 7.24. The lowest BCUT2D eigenvalue weighted by atomic mass is 9.96. The summed E-state index contributed by atoms with van der Waals surface area (Å²) in [5.41, 5.74) is 1.36. The molecule has 0 aliphatic carbocycles. The summed E-state index contributed by atoms with van der Waals surface area (Å²) in [6.07, 6.45) is 6.17. The molecule has 0 unspecified atom stereocenters. The normalized spacial score (nSPS) is 19.6. The first-order valence-electron chi connectivity index (χ1n) is 11.7. The van der Waals surface area contributed by atoms with Crippen LogP contribution in [0.25, 0.3) is 0 Å². The Morgan fingerprint density at radius 2 is 1.68 bits per heavy atom. The smallest absolute Gasteiger partial charge is 0.191 e. The van der Waals surface area contributed by atoms with Crippen molar-refractivity contribution in [2.45, 2.75) is 51.6 Å². The van der Waals surface area contributed by atoms with Crippen LogP contribution in [0.2, 0.25) is 0 Å². The second kappa shape index (κ2) is 14.2. The molecule has 0 atom stereocenters. The van der Waals surface area contributed by atoms with E-state index in [4.69, 9.17) is 4.74 Å². The van der Waals surface area contributed by atoms with E-state index in [9.17, 15) is 0 Å². The lowest BCUT2D eigenvalue weighted by molar-refractivity contribution is 0.177. The number of hydrogen-bond acceptors (Lipinski definition) is 4. The van der Waals surface area contributed by atoms with Crippen molar-refractivity contribution in [3.05, 3.63) is 29.8 Å². The molecule has 0 amide bonds. The van der Waals surface area contributed by atoms with E-state index >= 15 is 0 Å². The van der Waals surface area contributed by atoms with Gasteiger partial charge in [0.15, 0.2) is 5.96 Å². The van der Waals surface area contributed by atoms with Gasteiger partial charge in [0.25, 0.3) is 0 Å². The zero-order valence-corrected chi connectivity index (χ0v) is 21.9. The first-order chi connectivity index (χ1) is 14.7. The van der Waals surface area contributed by atoms with E-state index in [0.717, 1.165) is 30.7 Å². The third-order valence-corrected chi connectivity index (χ3v) is 6.52. The van der Waals surface area contributed by atoms with Crippen molar-refractivity contribution in [3.8, 4) is 5.75 Å². The molecule has 2 aliphatic rings. The summed E-state index contributed by atoms with van der Waals surface area (Å²) in [6.45, 7) is 10.3. The third kappa shape index (κ3) is 8.77. The highest BCUT2D eigenvalue weighted by atomic mass is 127. The van der Waals surface area contributed by atoms with Crippen LogP contribution in [-0.2, 0) is 6.54 Å². The van der Waals surface area contributed by atoms with Gasteiger partial charge in [-0.3, -0.25) is 9.89 Å². The van der Waals surface area contributed by atoms with Gasteiger partial charge in [-0.15, -0.1) is 24.0 Å². The molecule has 2 aliphatic heterocycles. The summed E-state index contributed by atoms with van der Waals surface area (Å²) in [6, 6.07) is 9.01. The van der Waals surface area contributed by atoms with E-state index in [-0.39, 0.29) is 24.0 Å². The van der Waals surface area contributed by atoms with Crippen LogP contribution >= 0.6 is 24.0 Å². The predicted octanol–water partition coefficient (Wildman–Crippen LogP) is 3.56. The topological polar surface area (TPSA) is 52.1 Å². The minimum Gasteiger partial charge on any atom is -0.497 e. The van der Waals surface area contributed by atoms with Gasteiger partial charge in [-0.2, -0.15) is 0 Å². The Morgan fingerprint density at radius 1 is 1.03 bits per heavy atom. The number of guanidine groups is 1. The number of hydrogen-bond donors (Lipinski definition) is 2. The molecule has 0 saturated carbocycles. The number of aliphatic imine (C=N–C) groups is 1. The van der Waals surface area contributed by atoms with Crippen molar-refractivity contribution in [3.63, 3.8) is 0 Å². The molecule has 7 heteroatoms. The van der Waals surface area contributed by atoms with E-state index in [1.165, 1.54) is 70.4 Å². The van der Waals surface area contributed by atoms with Gasteiger partial charge in [0, 0.05) is 39.3 Å². The highest BCUT2D eigenvalue weighted by Gasteiger charge is 2.21. The lowest BCUT2D eigenvalue weighted by Gasteiger charge is -2.34. The highest BCUT2D eigenvalue weighted by Crippen LogP contribution is 2.20. The summed E-state index contributed by atoms with van der Waals surface area (Å²) >= 11 is 0. The van der Waals surface area contributed by atoms with E-state index in [1.807, 2.05) is 7.05 Å². The number of rotatable bonds is 8. The molecule has 2 heterocycles. The number of benzene rings is 1. The molecule has 1 aromatic rings. The number of likely N-dealkylation sites (tertiary alicyclic amines) is 2. The van der Waals surface area contributed by atoms with Gasteiger partial charge in [0.1, 0.15) is 5.75 Å². The molecular weight excluding hydrogens is 501 g/mol. The largest absolute Gasteiger partial charge is 0.497 e. The van der Waals surface area contributed by atoms with E-state index < -0.39 is 0 Å². The van der Waals surface area contributed by atoms with Crippen molar-refractivity contribution < 1.29 is 4.74 Å². The zero-order chi connectivity index (χ0) is 21.2. The molecule has 6 nitrogen and oxygen atoms in total. The standard InChI is InChI=1S/C24H41N5O.HI/c1-4-13-28-16-11-22(12-17-28)27-24(25-2)26-18-20-9-14-29(15-10-20)19-21-5-7-23(30-3)8-6-21;/h5-8,20,22H,4,9-19H2,1-3H3,(H2,25,26,27);1H. The Bertz CT molecular complexity index is 638. The molecule has 2 fully saturated rings. The summed E-state index contributed by atoms with van der Waals surface area (Å²) in [4.78, 5) is 9.61. The average molecular weight is 544 g/mol. The molecule has 176 valence electrons. The second-order valence-electron chi connectivity index (χ2n) is 8.78.